The number of carbonyl (C=O) groups excluding carboxylic acids is 1. The smallest absolute Gasteiger partial charge is 0.266 e. The molecule has 0 aliphatic carbocycles. The Balaban J connectivity index is 1.70. The molecule has 3 rings (SSSR count). The molecular weight excluding hydrogens is 591 g/mol. The fourth-order valence-corrected chi connectivity index (χ4v) is 4.17. The highest BCUT2D eigenvalue weighted by Gasteiger charge is 2.14. The van der Waals surface area contributed by atoms with Gasteiger partial charge in [0.15, 0.2) is 11.5 Å². The van der Waals surface area contributed by atoms with Crippen LogP contribution >= 0.6 is 34.2 Å². The Labute approximate surface area is 230 Å². The Morgan fingerprint density at radius 3 is 2.50 bits per heavy atom. The number of rotatable bonds is 11. The minimum absolute atomic E-state index is 0.0329. The van der Waals surface area contributed by atoms with E-state index in [2.05, 4.69) is 27.9 Å². The van der Waals surface area contributed by atoms with Crippen LogP contribution in [0.25, 0.3) is 6.08 Å². The van der Waals surface area contributed by atoms with Crippen LogP contribution in [0, 0.1) is 14.9 Å². The van der Waals surface area contributed by atoms with E-state index in [4.69, 9.17) is 25.8 Å². The molecule has 0 unspecified atom stereocenters. The number of benzene rings is 3. The average molecular weight is 617 g/mol. The quantitative estimate of drug-likeness (QED) is 0.139. The zero-order valence-corrected chi connectivity index (χ0v) is 22.9. The first-order valence-corrected chi connectivity index (χ1v) is 12.9. The summed E-state index contributed by atoms with van der Waals surface area (Å²) in [5.74, 6) is 1.36. The van der Waals surface area contributed by atoms with Crippen molar-refractivity contribution >= 4 is 51.9 Å². The molecule has 0 radical (unpaired) electrons. The Morgan fingerprint density at radius 2 is 1.83 bits per heavy atom. The minimum Gasteiger partial charge on any atom is -0.490 e. The van der Waals surface area contributed by atoms with E-state index in [0.29, 0.717) is 53.3 Å². The minimum atomic E-state index is -0.512. The van der Waals surface area contributed by atoms with Crippen molar-refractivity contribution in [2.45, 2.75) is 26.9 Å². The first-order valence-electron chi connectivity index (χ1n) is 11.4. The predicted octanol–water partition coefficient (Wildman–Crippen LogP) is 7.26. The molecule has 0 saturated carbocycles. The van der Waals surface area contributed by atoms with Gasteiger partial charge in [0.05, 0.1) is 16.8 Å². The molecule has 0 aliphatic heterocycles. The van der Waals surface area contributed by atoms with Gasteiger partial charge in [-0.1, -0.05) is 36.7 Å². The van der Waals surface area contributed by atoms with Crippen LogP contribution in [0.5, 0.6) is 17.2 Å². The van der Waals surface area contributed by atoms with Crippen molar-refractivity contribution in [1.29, 1.82) is 5.26 Å². The summed E-state index contributed by atoms with van der Waals surface area (Å²) in [5.41, 5.74) is 2.06. The third-order valence-corrected chi connectivity index (χ3v) is 6.09. The number of anilines is 1. The average Bonchev–Trinajstić information content (AvgIpc) is 2.87. The molecule has 3 aromatic carbocycles. The van der Waals surface area contributed by atoms with E-state index < -0.39 is 5.91 Å². The van der Waals surface area contributed by atoms with Crippen molar-refractivity contribution in [2.24, 2.45) is 0 Å². The summed E-state index contributed by atoms with van der Waals surface area (Å²) < 4.78 is 18.2. The van der Waals surface area contributed by atoms with Crippen LogP contribution in [-0.4, -0.2) is 19.1 Å². The largest absolute Gasteiger partial charge is 0.490 e. The molecule has 3 aromatic rings. The maximum Gasteiger partial charge on any atom is 0.266 e. The second-order valence-corrected chi connectivity index (χ2v) is 9.21. The molecule has 1 N–H and O–H groups in total. The van der Waals surface area contributed by atoms with E-state index in [9.17, 15) is 10.1 Å². The highest BCUT2D eigenvalue weighted by Crippen LogP contribution is 2.35. The van der Waals surface area contributed by atoms with Crippen LogP contribution in [0.2, 0.25) is 5.02 Å². The molecule has 0 aliphatic rings. The van der Waals surface area contributed by atoms with Crippen molar-refractivity contribution in [2.75, 3.05) is 18.5 Å². The number of carbonyl (C=O) groups is 1. The van der Waals surface area contributed by atoms with Gasteiger partial charge in [0.1, 0.15) is 24.0 Å². The van der Waals surface area contributed by atoms with Gasteiger partial charge in [0.2, 0.25) is 0 Å². The van der Waals surface area contributed by atoms with Crippen molar-refractivity contribution in [1.82, 2.24) is 0 Å². The van der Waals surface area contributed by atoms with Crippen LogP contribution in [0.1, 0.15) is 31.4 Å². The molecule has 0 heterocycles. The second-order valence-electron chi connectivity index (χ2n) is 7.64. The zero-order chi connectivity index (χ0) is 25.9. The maximum absolute atomic E-state index is 12.8. The second kappa shape index (κ2) is 13.8. The number of nitrogens with one attached hydrogen (secondary N) is 1. The Hall–Kier alpha value is -3.22. The highest BCUT2D eigenvalue weighted by molar-refractivity contribution is 14.1. The van der Waals surface area contributed by atoms with E-state index in [1.165, 1.54) is 6.08 Å². The molecular formula is C28H26ClIN2O4. The van der Waals surface area contributed by atoms with Gasteiger partial charge in [0, 0.05) is 16.3 Å². The van der Waals surface area contributed by atoms with Crippen LogP contribution in [0.4, 0.5) is 5.69 Å². The van der Waals surface area contributed by atoms with E-state index in [1.54, 1.807) is 30.3 Å². The van der Waals surface area contributed by atoms with Gasteiger partial charge >= 0.3 is 0 Å². The third-order valence-electron chi connectivity index (χ3n) is 4.92. The van der Waals surface area contributed by atoms with E-state index in [-0.39, 0.29) is 5.57 Å². The normalized spacial score (nSPS) is 10.9. The number of ether oxygens (including phenoxy) is 3. The summed E-state index contributed by atoms with van der Waals surface area (Å²) in [5, 5.41) is 13.0. The summed E-state index contributed by atoms with van der Waals surface area (Å²) in [4.78, 5) is 12.8. The third kappa shape index (κ3) is 7.64. The van der Waals surface area contributed by atoms with Gasteiger partial charge < -0.3 is 19.5 Å². The molecule has 8 heteroatoms. The van der Waals surface area contributed by atoms with Crippen molar-refractivity contribution in [3.8, 4) is 23.3 Å². The number of amides is 1. The van der Waals surface area contributed by atoms with Gasteiger partial charge in [-0.15, -0.1) is 0 Å². The van der Waals surface area contributed by atoms with Crippen molar-refractivity contribution in [3.05, 3.63) is 86.0 Å². The molecule has 186 valence electrons. The van der Waals surface area contributed by atoms with Crippen molar-refractivity contribution < 1.29 is 19.0 Å². The number of hydrogen-bond acceptors (Lipinski definition) is 5. The lowest BCUT2D eigenvalue weighted by Gasteiger charge is -2.14. The molecule has 0 atom stereocenters. The van der Waals surface area contributed by atoms with Crippen LogP contribution in [0.15, 0.2) is 66.2 Å². The summed E-state index contributed by atoms with van der Waals surface area (Å²) >= 11 is 8.33. The Morgan fingerprint density at radius 1 is 1.08 bits per heavy atom. The molecule has 1 amide bonds. The standard InChI is InChI=1S/C28H26ClIN2O4/c1-3-13-35-27-25(30)15-19(16-26(27)34-4-2)14-21(17-31)28(33)32-22-9-11-23(12-10-22)36-18-20-7-5-6-8-24(20)29/h5-12,14-16H,3-4,13,18H2,1-2H3,(H,32,33)/b21-14+. The molecule has 6 nitrogen and oxygen atoms in total. The topological polar surface area (TPSA) is 80.6 Å². The summed E-state index contributed by atoms with van der Waals surface area (Å²) in [7, 11) is 0. The van der Waals surface area contributed by atoms with Gasteiger partial charge in [-0.2, -0.15) is 5.26 Å². The molecule has 0 saturated heterocycles. The van der Waals surface area contributed by atoms with E-state index >= 15 is 0 Å². The number of nitriles is 1. The first-order chi connectivity index (χ1) is 17.4. The summed E-state index contributed by atoms with van der Waals surface area (Å²) in [6, 6.07) is 20.0. The fraction of sp³-hybridized carbons (Fsp3) is 0.214. The monoisotopic (exact) mass is 616 g/mol. The number of hydrogen-bond donors (Lipinski definition) is 1. The zero-order valence-electron chi connectivity index (χ0n) is 20.0. The lowest BCUT2D eigenvalue weighted by atomic mass is 10.1. The van der Waals surface area contributed by atoms with Gasteiger partial charge in [-0.05, 0) is 90.0 Å². The molecule has 0 bridgehead atoms. The lowest BCUT2D eigenvalue weighted by molar-refractivity contribution is -0.112. The molecule has 0 spiro atoms. The van der Waals surface area contributed by atoms with Gasteiger partial charge in [-0.25, -0.2) is 0 Å². The number of halogens is 2. The maximum atomic E-state index is 12.8. The van der Waals surface area contributed by atoms with E-state index in [0.717, 1.165) is 15.6 Å². The molecule has 0 aromatic heterocycles. The first kappa shape index (κ1) is 27.4. The van der Waals surface area contributed by atoms with Gasteiger partial charge in [-0.3, -0.25) is 4.79 Å². The SMILES string of the molecule is CCCOc1c(I)cc(/C=C(\C#N)C(=O)Nc2ccc(OCc3ccccc3Cl)cc2)cc1OCC. The highest BCUT2D eigenvalue weighted by atomic mass is 127. The fourth-order valence-electron chi connectivity index (χ4n) is 3.20. The van der Waals surface area contributed by atoms with E-state index in [1.807, 2.05) is 50.2 Å². The molecule has 36 heavy (non-hydrogen) atoms. The molecule has 0 fully saturated rings. The predicted molar refractivity (Wildman–Crippen MR) is 151 cm³/mol. The van der Waals surface area contributed by atoms with Crippen molar-refractivity contribution in [3.63, 3.8) is 0 Å². The summed E-state index contributed by atoms with van der Waals surface area (Å²) in [6.07, 6.45) is 2.40. The summed E-state index contributed by atoms with van der Waals surface area (Å²) in [6.45, 7) is 5.29. The Kier molecular flexibility index (Phi) is 10.5. The number of nitrogens with zero attached hydrogens (tertiary/aromatic N) is 1. The Bertz CT molecular complexity index is 1270. The van der Waals surface area contributed by atoms with Crippen LogP contribution < -0.4 is 19.5 Å². The van der Waals surface area contributed by atoms with Gasteiger partial charge in [0.25, 0.3) is 5.91 Å². The lowest BCUT2D eigenvalue weighted by Crippen LogP contribution is -2.13. The van der Waals surface area contributed by atoms with Crippen LogP contribution in [-0.2, 0) is 11.4 Å². The van der Waals surface area contributed by atoms with Crippen LogP contribution in [0.3, 0.4) is 0 Å².